The fourth-order valence-electron chi connectivity index (χ4n) is 3.11. The number of carbonyl (C=O) groups is 1. The first-order valence-corrected chi connectivity index (χ1v) is 11.5. The summed E-state index contributed by atoms with van der Waals surface area (Å²) in [6, 6.07) is 6.84. The van der Waals surface area contributed by atoms with E-state index in [1.165, 1.54) is 0 Å². The zero-order valence-electron chi connectivity index (χ0n) is 17.1. The molecule has 1 aromatic rings. The van der Waals surface area contributed by atoms with Gasteiger partial charge in [0.25, 0.3) is 0 Å². The van der Waals surface area contributed by atoms with Gasteiger partial charge >= 0.3 is 0 Å². The Bertz CT molecular complexity index is 733. The molecule has 8 nitrogen and oxygen atoms in total. The molecule has 0 bridgehead atoms. The zero-order valence-corrected chi connectivity index (χ0v) is 17.9. The molecule has 0 atom stereocenters. The predicted molar refractivity (Wildman–Crippen MR) is 111 cm³/mol. The van der Waals surface area contributed by atoms with Crippen LogP contribution >= 0.6 is 0 Å². The van der Waals surface area contributed by atoms with Crippen molar-refractivity contribution in [1.82, 2.24) is 15.1 Å². The number of nitrogens with one attached hydrogen (secondary N) is 1. The third kappa shape index (κ3) is 6.96. The standard InChI is InChI=1S/C19H32N4O4S/c1-4-27-18-9-6-5-8-17(18)23(28(3,25)26)16-19(24)20-10-7-11-22-14-12-21(2)13-15-22/h5-6,8-9H,4,7,10-16H2,1-3H3,(H,20,24). The van der Waals surface area contributed by atoms with Crippen molar-refractivity contribution in [3.8, 4) is 5.75 Å². The molecule has 1 aromatic carbocycles. The van der Waals surface area contributed by atoms with E-state index in [0.717, 1.165) is 49.7 Å². The minimum absolute atomic E-state index is 0.266. The van der Waals surface area contributed by atoms with Crippen LogP contribution in [0.5, 0.6) is 5.75 Å². The first kappa shape index (κ1) is 22.4. The van der Waals surface area contributed by atoms with Gasteiger partial charge in [0, 0.05) is 32.7 Å². The minimum Gasteiger partial charge on any atom is -0.492 e. The van der Waals surface area contributed by atoms with Crippen molar-refractivity contribution >= 4 is 21.6 Å². The summed E-state index contributed by atoms with van der Waals surface area (Å²) in [7, 11) is -1.51. The van der Waals surface area contributed by atoms with Gasteiger partial charge in [-0.05, 0) is 39.1 Å². The molecule has 0 aliphatic carbocycles. The molecule has 1 aliphatic rings. The van der Waals surface area contributed by atoms with Crippen molar-refractivity contribution in [2.45, 2.75) is 13.3 Å². The number of hydrogen-bond acceptors (Lipinski definition) is 6. The highest BCUT2D eigenvalue weighted by Gasteiger charge is 2.23. The van der Waals surface area contributed by atoms with E-state index in [4.69, 9.17) is 4.74 Å². The van der Waals surface area contributed by atoms with E-state index in [9.17, 15) is 13.2 Å². The van der Waals surface area contributed by atoms with Crippen molar-refractivity contribution in [2.24, 2.45) is 0 Å². The molecule has 2 rings (SSSR count). The molecule has 1 aliphatic heterocycles. The van der Waals surface area contributed by atoms with Crippen LogP contribution in [0.1, 0.15) is 13.3 Å². The highest BCUT2D eigenvalue weighted by molar-refractivity contribution is 7.92. The van der Waals surface area contributed by atoms with Crippen LogP contribution in [-0.4, -0.2) is 89.8 Å². The molecule has 1 fully saturated rings. The van der Waals surface area contributed by atoms with Crippen molar-refractivity contribution < 1.29 is 17.9 Å². The average Bonchev–Trinajstić information content (AvgIpc) is 2.65. The van der Waals surface area contributed by atoms with E-state index in [-0.39, 0.29) is 12.5 Å². The Balaban J connectivity index is 1.88. The number of para-hydroxylation sites is 2. The molecule has 0 aromatic heterocycles. The molecule has 28 heavy (non-hydrogen) atoms. The van der Waals surface area contributed by atoms with Gasteiger partial charge in [-0.2, -0.15) is 0 Å². The summed E-state index contributed by atoms with van der Waals surface area (Å²) < 4.78 is 31.1. The summed E-state index contributed by atoms with van der Waals surface area (Å²) in [5.74, 6) is 0.119. The molecule has 158 valence electrons. The lowest BCUT2D eigenvalue weighted by Crippen LogP contribution is -2.45. The Hall–Kier alpha value is -1.84. The minimum atomic E-state index is -3.63. The van der Waals surface area contributed by atoms with E-state index in [1.807, 2.05) is 6.92 Å². The van der Waals surface area contributed by atoms with Crippen LogP contribution in [0, 0.1) is 0 Å². The van der Waals surface area contributed by atoms with Gasteiger partial charge < -0.3 is 19.9 Å². The van der Waals surface area contributed by atoms with E-state index in [2.05, 4.69) is 22.2 Å². The van der Waals surface area contributed by atoms with Crippen molar-refractivity contribution in [3.63, 3.8) is 0 Å². The third-order valence-corrected chi connectivity index (χ3v) is 5.82. The van der Waals surface area contributed by atoms with Gasteiger partial charge in [0.05, 0.1) is 18.6 Å². The van der Waals surface area contributed by atoms with Crippen LogP contribution in [0.25, 0.3) is 0 Å². The lowest BCUT2D eigenvalue weighted by molar-refractivity contribution is -0.119. The summed E-state index contributed by atoms with van der Waals surface area (Å²) >= 11 is 0. The fourth-order valence-corrected chi connectivity index (χ4v) is 3.97. The lowest BCUT2D eigenvalue weighted by Gasteiger charge is -2.32. The SMILES string of the molecule is CCOc1ccccc1N(CC(=O)NCCCN1CCN(C)CC1)S(C)(=O)=O. The number of piperazine rings is 1. The highest BCUT2D eigenvalue weighted by Crippen LogP contribution is 2.29. The smallest absolute Gasteiger partial charge is 0.240 e. The Morgan fingerprint density at radius 1 is 1.21 bits per heavy atom. The van der Waals surface area contributed by atoms with E-state index in [1.54, 1.807) is 24.3 Å². The Kier molecular flexibility index (Phi) is 8.53. The van der Waals surface area contributed by atoms with Gasteiger partial charge in [-0.1, -0.05) is 12.1 Å². The zero-order chi connectivity index (χ0) is 20.6. The summed E-state index contributed by atoms with van der Waals surface area (Å²) in [6.07, 6.45) is 1.93. The average molecular weight is 413 g/mol. The monoisotopic (exact) mass is 412 g/mol. The van der Waals surface area contributed by atoms with Gasteiger partial charge in [0.2, 0.25) is 15.9 Å². The molecular formula is C19H32N4O4S. The second-order valence-corrected chi connectivity index (χ2v) is 8.93. The summed E-state index contributed by atoms with van der Waals surface area (Å²) in [4.78, 5) is 17.0. The first-order chi connectivity index (χ1) is 13.3. The van der Waals surface area contributed by atoms with Crippen LogP contribution in [0.4, 0.5) is 5.69 Å². The predicted octanol–water partition coefficient (Wildman–Crippen LogP) is 0.605. The molecule has 1 saturated heterocycles. The fraction of sp³-hybridized carbons (Fsp3) is 0.632. The summed E-state index contributed by atoms with van der Waals surface area (Å²) in [5, 5.41) is 2.83. The molecule has 0 unspecified atom stereocenters. The lowest BCUT2D eigenvalue weighted by atomic mass is 10.3. The number of likely N-dealkylation sites (N-methyl/N-ethyl adjacent to an activating group) is 1. The van der Waals surface area contributed by atoms with Crippen molar-refractivity contribution in [3.05, 3.63) is 24.3 Å². The Morgan fingerprint density at radius 2 is 1.89 bits per heavy atom. The maximum Gasteiger partial charge on any atom is 0.240 e. The number of nitrogens with zero attached hydrogens (tertiary/aromatic N) is 3. The Labute approximate surface area is 168 Å². The number of benzene rings is 1. The number of ether oxygens (including phenoxy) is 1. The molecule has 0 saturated carbocycles. The van der Waals surface area contributed by atoms with Crippen LogP contribution in [-0.2, 0) is 14.8 Å². The number of hydrogen-bond donors (Lipinski definition) is 1. The van der Waals surface area contributed by atoms with Crippen LogP contribution in [0.15, 0.2) is 24.3 Å². The topological polar surface area (TPSA) is 82.2 Å². The largest absolute Gasteiger partial charge is 0.492 e. The summed E-state index contributed by atoms with van der Waals surface area (Å²) in [6.45, 7) is 7.64. The normalized spacial score (nSPS) is 16.0. The first-order valence-electron chi connectivity index (χ1n) is 9.68. The van der Waals surface area contributed by atoms with Crippen LogP contribution in [0.3, 0.4) is 0 Å². The second kappa shape index (κ2) is 10.6. The van der Waals surface area contributed by atoms with Gasteiger partial charge in [0.15, 0.2) is 0 Å². The van der Waals surface area contributed by atoms with Gasteiger partial charge in [-0.3, -0.25) is 9.10 Å². The maximum absolute atomic E-state index is 12.4. The number of sulfonamides is 1. The number of amides is 1. The molecule has 1 heterocycles. The number of rotatable bonds is 10. The highest BCUT2D eigenvalue weighted by atomic mass is 32.2. The molecule has 0 radical (unpaired) electrons. The van der Waals surface area contributed by atoms with Crippen LogP contribution < -0.4 is 14.4 Å². The summed E-state index contributed by atoms with van der Waals surface area (Å²) in [5.41, 5.74) is 0.374. The molecule has 0 spiro atoms. The molecule has 9 heteroatoms. The quantitative estimate of drug-likeness (QED) is 0.567. The molecular weight excluding hydrogens is 380 g/mol. The molecule has 1 amide bonds. The van der Waals surface area contributed by atoms with Gasteiger partial charge in [-0.15, -0.1) is 0 Å². The van der Waals surface area contributed by atoms with Crippen molar-refractivity contribution in [1.29, 1.82) is 0 Å². The number of anilines is 1. The van der Waals surface area contributed by atoms with E-state index in [0.29, 0.717) is 24.6 Å². The maximum atomic E-state index is 12.4. The van der Waals surface area contributed by atoms with Gasteiger partial charge in [-0.25, -0.2) is 8.42 Å². The second-order valence-electron chi connectivity index (χ2n) is 7.02. The number of carbonyl (C=O) groups excluding carboxylic acids is 1. The Morgan fingerprint density at radius 3 is 2.54 bits per heavy atom. The third-order valence-electron chi connectivity index (χ3n) is 4.69. The van der Waals surface area contributed by atoms with Gasteiger partial charge in [0.1, 0.15) is 12.3 Å². The molecule has 1 N–H and O–H groups in total. The van der Waals surface area contributed by atoms with Crippen molar-refractivity contribution in [2.75, 3.05) is 70.0 Å². The van der Waals surface area contributed by atoms with Crippen LogP contribution in [0.2, 0.25) is 0 Å². The van der Waals surface area contributed by atoms with E-state index < -0.39 is 10.0 Å². The van der Waals surface area contributed by atoms with E-state index >= 15 is 0 Å².